The van der Waals surface area contributed by atoms with Crippen molar-refractivity contribution in [2.24, 2.45) is 0 Å². The molecule has 0 aliphatic rings. The fourth-order valence-electron chi connectivity index (χ4n) is 2.09. The second kappa shape index (κ2) is 12.2. The molecule has 0 saturated heterocycles. The molecule has 0 spiro atoms. The molecule has 0 aliphatic heterocycles. The molecule has 12 nitrogen and oxygen atoms in total. The van der Waals surface area contributed by atoms with Crippen molar-refractivity contribution in [2.75, 3.05) is 20.0 Å². The van der Waals surface area contributed by atoms with Gasteiger partial charge in [0.1, 0.15) is 17.8 Å². The standard InChI is InChI=1S/C17H26N3O9P/c1-5-26-16(21)12(3)18-30(25,19-13(4)17(22)27-6-2)29-11-28-15-9-7-14(8-10-15)20(23)24/h7-10,12-13H,5-6,11H2,1-4H3,(H2,18,19,25)/t12-,13-/m0/s1. The minimum absolute atomic E-state index is 0.121. The fourth-order valence-corrected chi connectivity index (χ4v) is 3.75. The number of esters is 2. The number of nitro groups is 1. The van der Waals surface area contributed by atoms with Crippen molar-refractivity contribution in [3.05, 3.63) is 34.4 Å². The van der Waals surface area contributed by atoms with Gasteiger partial charge in [0, 0.05) is 12.1 Å². The molecule has 0 saturated carbocycles. The zero-order valence-electron chi connectivity index (χ0n) is 17.2. The maximum absolute atomic E-state index is 13.2. The van der Waals surface area contributed by atoms with Gasteiger partial charge in [-0.2, -0.15) is 0 Å². The van der Waals surface area contributed by atoms with Crippen LogP contribution in [-0.2, 0) is 28.2 Å². The first kappa shape index (κ1) is 25.5. The van der Waals surface area contributed by atoms with Crippen LogP contribution in [-0.4, -0.2) is 49.0 Å². The molecule has 0 unspecified atom stereocenters. The summed E-state index contributed by atoms with van der Waals surface area (Å²) in [6.45, 7) is 5.81. The number of carbonyl (C=O) groups is 2. The van der Waals surface area contributed by atoms with Crippen LogP contribution in [0.1, 0.15) is 27.7 Å². The summed E-state index contributed by atoms with van der Waals surface area (Å²) < 4.78 is 33.4. The largest absolute Gasteiger partial charge is 0.467 e. The van der Waals surface area contributed by atoms with Crippen LogP contribution in [0.25, 0.3) is 0 Å². The molecule has 0 radical (unpaired) electrons. The van der Waals surface area contributed by atoms with Gasteiger partial charge in [-0.3, -0.25) is 28.8 Å². The van der Waals surface area contributed by atoms with Crippen molar-refractivity contribution >= 4 is 25.3 Å². The average Bonchev–Trinajstić information content (AvgIpc) is 2.68. The van der Waals surface area contributed by atoms with Crippen LogP contribution in [0.15, 0.2) is 24.3 Å². The Bertz CT molecular complexity index is 742. The van der Waals surface area contributed by atoms with Gasteiger partial charge in [0.25, 0.3) is 5.69 Å². The highest BCUT2D eigenvalue weighted by molar-refractivity contribution is 7.54. The first-order valence-electron chi connectivity index (χ1n) is 9.12. The molecule has 168 valence electrons. The maximum Gasteiger partial charge on any atom is 0.345 e. The van der Waals surface area contributed by atoms with E-state index >= 15 is 0 Å². The zero-order valence-corrected chi connectivity index (χ0v) is 18.0. The van der Waals surface area contributed by atoms with Crippen LogP contribution in [0.4, 0.5) is 5.69 Å². The maximum atomic E-state index is 13.2. The lowest BCUT2D eigenvalue weighted by molar-refractivity contribution is -0.384. The van der Waals surface area contributed by atoms with Gasteiger partial charge >= 0.3 is 19.6 Å². The monoisotopic (exact) mass is 447 g/mol. The summed E-state index contributed by atoms with van der Waals surface area (Å²) in [7, 11) is -3.98. The number of benzene rings is 1. The van der Waals surface area contributed by atoms with Crippen LogP contribution >= 0.6 is 7.67 Å². The predicted molar refractivity (Wildman–Crippen MR) is 106 cm³/mol. The Morgan fingerprint density at radius 3 is 1.90 bits per heavy atom. The van der Waals surface area contributed by atoms with E-state index in [1.54, 1.807) is 13.8 Å². The van der Waals surface area contributed by atoms with E-state index in [1.165, 1.54) is 38.1 Å². The van der Waals surface area contributed by atoms with Gasteiger partial charge in [-0.1, -0.05) is 0 Å². The van der Waals surface area contributed by atoms with Gasteiger partial charge in [-0.15, -0.1) is 0 Å². The molecule has 0 aromatic heterocycles. The fraction of sp³-hybridized carbons (Fsp3) is 0.529. The van der Waals surface area contributed by atoms with Crippen molar-refractivity contribution in [3.8, 4) is 5.75 Å². The molecule has 0 heterocycles. The molecular formula is C17H26N3O9P. The normalized spacial score (nSPS) is 13.2. The van der Waals surface area contributed by atoms with Crippen LogP contribution in [0.5, 0.6) is 5.75 Å². The highest BCUT2D eigenvalue weighted by atomic mass is 31.2. The number of carbonyl (C=O) groups excluding carboxylic acids is 2. The topological polar surface area (TPSA) is 155 Å². The van der Waals surface area contributed by atoms with E-state index in [2.05, 4.69) is 10.2 Å². The van der Waals surface area contributed by atoms with Gasteiger partial charge < -0.3 is 14.2 Å². The molecule has 0 amide bonds. The first-order chi connectivity index (χ1) is 14.1. The quantitative estimate of drug-likeness (QED) is 0.150. The Kier molecular flexibility index (Phi) is 10.4. The molecule has 0 bridgehead atoms. The lowest BCUT2D eigenvalue weighted by atomic mass is 10.3. The smallest absolute Gasteiger partial charge is 0.345 e. The molecule has 2 atom stereocenters. The van der Waals surface area contributed by atoms with E-state index in [4.69, 9.17) is 18.7 Å². The van der Waals surface area contributed by atoms with E-state index in [1.807, 2.05) is 0 Å². The Balaban J connectivity index is 2.82. The first-order valence-corrected chi connectivity index (χ1v) is 10.7. The highest BCUT2D eigenvalue weighted by Crippen LogP contribution is 2.39. The minimum atomic E-state index is -3.98. The molecule has 0 fully saturated rings. The van der Waals surface area contributed by atoms with E-state index in [0.29, 0.717) is 0 Å². The number of rotatable bonds is 13. The van der Waals surface area contributed by atoms with Crippen LogP contribution in [0.3, 0.4) is 0 Å². The molecule has 30 heavy (non-hydrogen) atoms. The predicted octanol–water partition coefficient (Wildman–Crippen LogP) is 2.14. The number of ether oxygens (including phenoxy) is 3. The summed E-state index contributed by atoms with van der Waals surface area (Å²) in [6.07, 6.45) is 0. The minimum Gasteiger partial charge on any atom is -0.467 e. The third-order valence-electron chi connectivity index (χ3n) is 3.52. The number of non-ortho nitro benzene ring substituents is 1. The Labute approximate surface area is 173 Å². The molecule has 1 rings (SSSR count). The van der Waals surface area contributed by atoms with Gasteiger partial charge in [0.2, 0.25) is 0 Å². The Morgan fingerprint density at radius 1 is 1.03 bits per heavy atom. The summed E-state index contributed by atoms with van der Waals surface area (Å²) in [6, 6.07) is 3.12. The Hall–Kier alpha value is -2.53. The number of nitrogens with zero attached hydrogens (tertiary/aromatic N) is 1. The number of hydrogen-bond donors (Lipinski definition) is 2. The van der Waals surface area contributed by atoms with Gasteiger partial charge in [0.05, 0.1) is 18.1 Å². The summed E-state index contributed by atoms with van der Waals surface area (Å²) in [5.74, 6) is -1.10. The molecule has 2 N–H and O–H groups in total. The van der Waals surface area contributed by atoms with E-state index in [9.17, 15) is 24.3 Å². The molecule has 1 aromatic carbocycles. The summed E-state index contributed by atoms with van der Waals surface area (Å²) in [5, 5.41) is 15.7. The number of nitrogens with one attached hydrogen (secondary N) is 2. The van der Waals surface area contributed by atoms with E-state index < -0.39 is 43.4 Å². The second-order valence-electron chi connectivity index (χ2n) is 5.90. The summed E-state index contributed by atoms with van der Waals surface area (Å²) in [5.41, 5.74) is -0.121. The number of nitro benzene ring substituents is 1. The van der Waals surface area contributed by atoms with Crippen molar-refractivity contribution < 1.29 is 37.8 Å². The second-order valence-corrected chi connectivity index (χ2v) is 7.78. The number of hydrogen-bond acceptors (Lipinski definition) is 9. The van der Waals surface area contributed by atoms with Crippen molar-refractivity contribution in [1.29, 1.82) is 0 Å². The van der Waals surface area contributed by atoms with Crippen LogP contribution in [0.2, 0.25) is 0 Å². The molecule has 0 aliphatic carbocycles. The Morgan fingerprint density at radius 2 is 1.50 bits per heavy atom. The highest BCUT2D eigenvalue weighted by Gasteiger charge is 2.33. The SMILES string of the molecule is CCOC(=O)[C@H](C)NP(=O)(N[C@@H](C)C(=O)OCC)OCOc1ccc([N+](=O)[O-])cc1. The average molecular weight is 447 g/mol. The lowest BCUT2D eigenvalue weighted by Gasteiger charge is -2.25. The van der Waals surface area contributed by atoms with Crippen LogP contribution < -0.4 is 14.9 Å². The van der Waals surface area contributed by atoms with Gasteiger partial charge in [-0.25, -0.2) is 10.2 Å². The summed E-state index contributed by atoms with van der Waals surface area (Å²) >= 11 is 0. The lowest BCUT2D eigenvalue weighted by Crippen LogP contribution is -2.42. The van der Waals surface area contributed by atoms with E-state index in [-0.39, 0.29) is 24.7 Å². The van der Waals surface area contributed by atoms with Crippen molar-refractivity contribution in [2.45, 2.75) is 39.8 Å². The van der Waals surface area contributed by atoms with Gasteiger partial charge in [0.15, 0.2) is 6.79 Å². The third-order valence-corrected chi connectivity index (χ3v) is 5.44. The molecular weight excluding hydrogens is 421 g/mol. The van der Waals surface area contributed by atoms with Gasteiger partial charge in [-0.05, 0) is 39.8 Å². The summed E-state index contributed by atoms with van der Waals surface area (Å²) in [4.78, 5) is 33.8. The molecule has 13 heteroatoms. The van der Waals surface area contributed by atoms with Crippen molar-refractivity contribution in [1.82, 2.24) is 10.2 Å². The molecule has 1 aromatic rings. The third kappa shape index (κ3) is 8.46. The van der Waals surface area contributed by atoms with Crippen LogP contribution in [0, 0.1) is 10.1 Å². The van der Waals surface area contributed by atoms with Crippen molar-refractivity contribution in [3.63, 3.8) is 0 Å². The van der Waals surface area contributed by atoms with E-state index in [0.717, 1.165) is 0 Å². The zero-order chi connectivity index (χ0) is 22.7.